The Labute approximate surface area is 110 Å². The van der Waals surface area contributed by atoms with Gasteiger partial charge in [0.2, 0.25) is 0 Å². The minimum absolute atomic E-state index is 0.0188. The van der Waals surface area contributed by atoms with Crippen LogP contribution in [0.2, 0.25) is 0 Å². The molecule has 1 heterocycles. The summed E-state index contributed by atoms with van der Waals surface area (Å²) in [5, 5.41) is 18.2. The minimum atomic E-state index is -0.757. The fraction of sp³-hybridized carbons (Fsp3) is 0.786. The maximum absolute atomic E-state index is 10.5. The van der Waals surface area contributed by atoms with Gasteiger partial charge in [0.25, 0.3) is 0 Å². The SMILES string of the molecule is CCn1nc(C)cc1CC(C)(O)CNC(C)(C)C. The molecule has 0 spiro atoms. The van der Waals surface area contributed by atoms with Gasteiger partial charge in [-0.15, -0.1) is 0 Å². The number of aliphatic hydroxyl groups is 1. The van der Waals surface area contributed by atoms with E-state index < -0.39 is 5.60 Å². The van der Waals surface area contributed by atoms with Crippen molar-refractivity contribution in [2.45, 2.75) is 65.6 Å². The molecule has 0 aliphatic heterocycles. The van der Waals surface area contributed by atoms with Gasteiger partial charge in [-0.1, -0.05) is 0 Å². The van der Waals surface area contributed by atoms with E-state index in [2.05, 4.69) is 44.2 Å². The maximum atomic E-state index is 10.5. The van der Waals surface area contributed by atoms with E-state index in [4.69, 9.17) is 0 Å². The fourth-order valence-electron chi connectivity index (χ4n) is 1.92. The van der Waals surface area contributed by atoms with Crippen molar-refractivity contribution in [1.82, 2.24) is 15.1 Å². The summed E-state index contributed by atoms with van der Waals surface area (Å²) in [6, 6.07) is 2.05. The van der Waals surface area contributed by atoms with E-state index in [0.717, 1.165) is 17.9 Å². The Morgan fingerprint density at radius 1 is 1.33 bits per heavy atom. The Hall–Kier alpha value is -0.870. The van der Waals surface area contributed by atoms with Gasteiger partial charge in [0.05, 0.1) is 11.3 Å². The first-order chi connectivity index (χ1) is 8.13. The summed E-state index contributed by atoms with van der Waals surface area (Å²) in [7, 11) is 0. The molecule has 0 saturated heterocycles. The number of β-amino-alcohol motifs (C(OH)–C–C–N with tert-alkyl or cyclic N) is 1. The zero-order valence-corrected chi connectivity index (χ0v) is 12.5. The van der Waals surface area contributed by atoms with Gasteiger partial charge in [-0.2, -0.15) is 5.10 Å². The first-order valence-corrected chi connectivity index (χ1v) is 6.64. The summed E-state index contributed by atoms with van der Waals surface area (Å²) < 4.78 is 1.96. The summed E-state index contributed by atoms with van der Waals surface area (Å²) in [6.45, 7) is 13.6. The maximum Gasteiger partial charge on any atom is 0.0798 e. The summed E-state index contributed by atoms with van der Waals surface area (Å²) in [4.78, 5) is 0. The highest BCUT2D eigenvalue weighted by Crippen LogP contribution is 2.15. The van der Waals surface area contributed by atoms with E-state index in [1.165, 1.54) is 0 Å². The van der Waals surface area contributed by atoms with Crippen molar-refractivity contribution in [1.29, 1.82) is 0 Å². The predicted molar refractivity (Wildman–Crippen MR) is 74.7 cm³/mol. The third-order valence-corrected chi connectivity index (χ3v) is 2.85. The van der Waals surface area contributed by atoms with Crippen molar-refractivity contribution in [2.24, 2.45) is 0 Å². The van der Waals surface area contributed by atoms with Crippen LogP contribution in [0.4, 0.5) is 0 Å². The molecule has 18 heavy (non-hydrogen) atoms. The molecule has 1 aromatic heterocycles. The number of nitrogens with one attached hydrogen (secondary N) is 1. The predicted octanol–water partition coefficient (Wildman–Crippen LogP) is 1.89. The van der Waals surface area contributed by atoms with Crippen LogP contribution in [0.1, 0.15) is 46.0 Å². The second-order valence-electron chi connectivity index (χ2n) is 6.37. The Bertz CT molecular complexity index is 388. The van der Waals surface area contributed by atoms with Gasteiger partial charge in [0.15, 0.2) is 0 Å². The van der Waals surface area contributed by atoms with Crippen LogP contribution in [0.3, 0.4) is 0 Å². The number of nitrogens with zero attached hydrogens (tertiary/aromatic N) is 2. The lowest BCUT2D eigenvalue weighted by Gasteiger charge is -2.29. The average molecular weight is 253 g/mol. The lowest BCUT2D eigenvalue weighted by atomic mass is 9.98. The largest absolute Gasteiger partial charge is 0.388 e. The summed E-state index contributed by atoms with van der Waals surface area (Å²) in [5.74, 6) is 0. The lowest BCUT2D eigenvalue weighted by molar-refractivity contribution is 0.0515. The van der Waals surface area contributed by atoms with Gasteiger partial charge >= 0.3 is 0 Å². The zero-order chi connectivity index (χ0) is 14.0. The third kappa shape index (κ3) is 4.78. The summed E-state index contributed by atoms with van der Waals surface area (Å²) >= 11 is 0. The molecule has 2 N–H and O–H groups in total. The highest BCUT2D eigenvalue weighted by atomic mass is 16.3. The Kier molecular flexibility index (Phi) is 4.56. The van der Waals surface area contributed by atoms with Crippen LogP contribution >= 0.6 is 0 Å². The number of aryl methyl sites for hydroxylation is 2. The van der Waals surface area contributed by atoms with Gasteiger partial charge in [-0.05, 0) is 47.6 Å². The molecule has 0 aliphatic carbocycles. The lowest BCUT2D eigenvalue weighted by Crippen LogP contribution is -2.47. The first-order valence-electron chi connectivity index (χ1n) is 6.64. The fourth-order valence-corrected chi connectivity index (χ4v) is 1.92. The molecule has 1 aromatic rings. The quantitative estimate of drug-likeness (QED) is 0.842. The van der Waals surface area contributed by atoms with Crippen molar-refractivity contribution in [3.63, 3.8) is 0 Å². The van der Waals surface area contributed by atoms with Crippen molar-refractivity contribution >= 4 is 0 Å². The molecule has 4 nitrogen and oxygen atoms in total. The molecule has 1 rings (SSSR count). The number of aromatic nitrogens is 2. The Balaban J connectivity index is 2.69. The second-order valence-corrected chi connectivity index (χ2v) is 6.37. The molecular weight excluding hydrogens is 226 g/mol. The van der Waals surface area contributed by atoms with Crippen molar-refractivity contribution < 1.29 is 5.11 Å². The number of hydrogen-bond acceptors (Lipinski definition) is 3. The monoisotopic (exact) mass is 253 g/mol. The molecule has 0 radical (unpaired) electrons. The van der Waals surface area contributed by atoms with E-state index in [-0.39, 0.29) is 5.54 Å². The van der Waals surface area contributed by atoms with Crippen LogP contribution in [0.25, 0.3) is 0 Å². The van der Waals surface area contributed by atoms with Crippen molar-refractivity contribution in [2.75, 3.05) is 6.54 Å². The van der Waals surface area contributed by atoms with E-state index in [9.17, 15) is 5.11 Å². The van der Waals surface area contributed by atoms with Crippen LogP contribution in [-0.4, -0.2) is 32.6 Å². The standard InChI is InChI=1S/C14H27N3O/c1-7-17-12(8-11(2)16-17)9-14(6,18)10-15-13(3,4)5/h8,15,18H,7,9-10H2,1-6H3. The highest BCUT2D eigenvalue weighted by Gasteiger charge is 2.25. The highest BCUT2D eigenvalue weighted by molar-refractivity contribution is 5.11. The molecule has 1 unspecified atom stereocenters. The van der Waals surface area contributed by atoms with Crippen LogP contribution in [-0.2, 0) is 13.0 Å². The molecule has 0 bridgehead atoms. The first kappa shape index (κ1) is 15.2. The molecule has 0 aliphatic rings. The van der Waals surface area contributed by atoms with Crippen molar-refractivity contribution in [3.8, 4) is 0 Å². The smallest absolute Gasteiger partial charge is 0.0798 e. The number of rotatable bonds is 5. The molecule has 104 valence electrons. The molecule has 0 amide bonds. The van der Waals surface area contributed by atoms with Gasteiger partial charge in [0.1, 0.15) is 0 Å². The minimum Gasteiger partial charge on any atom is -0.388 e. The van der Waals surface area contributed by atoms with Gasteiger partial charge < -0.3 is 10.4 Å². The summed E-state index contributed by atoms with van der Waals surface area (Å²) in [5.41, 5.74) is 1.36. The molecule has 0 saturated carbocycles. The average Bonchev–Trinajstić information content (AvgIpc) is 2.54. The van der Waals surface area contributed by atoms with E-state index in [1.54, 1.807) is 0 Å². The molecule has 0 fully saturated rings. The van der Waals surface area contributed by atoms with E-state index >= 15 is 0 Å². The molecular formula is C14H27N3O. The van der Waals surface area contributed by atoms with Crippen LogP contribution in [0, 0.1) is 6.92 Å². The van der Waals surface area contributed by atoms with E-state index in [1.807, 2.05) is 18.5 Å². The third-order valence-electron chi connectivity index (χ3n) is 2.85. The van der Waals surface area contributed by atoms with Crippen LogP contribution in [0.15, 0.2) is 6.07 Å². The van der Waals surface area contributed by atoms with Gasteiger partial charge in [-0.25, -0.2) is 0 Å². The van der Waals surface area contributed by atoms with Crippen molar-refractivity contribution in [3.05, 3.63) is 17.5 Å². The topological polar surface area (TPSA) is 50.1 Å². The second kappa shape index (κ2) is 5.41. The Morgan fingerprint density at radius 2 is 1.94 bits per heavy atom. The van der Waals surface area contributed by atoms with Crippen LogP contribution < -0.4 is 5.32 Å². The molecule has 1 atom stereocenters. The zero-order valence-electron chi connectivity index (χ0n) is 12.5. The molecule has 0 aromatic carbocycles. The van der Waals surface area contributed by atoms with Gasteiger partial charge in [0, 0.05) is 30.7 Å². The Morgan fingerprint density at radius 3 is 2.44 bits per heavy atom. The van der Waals surface area contributed by atoms with Gasteiger partial charge in [-0.3, -0.25) is 4.68 Å². The summed E-state index contributed by atoms with van der Waals surface area (Å²) in [6.07, 6.45) is 0.616. The van der Waals surface area contributed by atoms with Crippen LogP contribution in [0.5, 0.6) is 0 Å². The molecule has 4 heteroatoms. The van der Waals surface area contributed by atoms with E-state index in [0.29, 0.717) is 13.0 Å². The number of hydrogen-bond donors (Lipinski definition) is 2. The normalized spacial score (nSPS) is 15.7.